The number of carbonyl (C=O) groups is 4. The molecule has 0 radical (unpaired) electrons. The van der Waals surface area contributed by atoms with Crippen molar-refractivity contribution < 1.29 is 29.4 Å². The number of imide groups is 1. The van der Waals surface area contributed by atoms with E-state index in [4.69, 9.17) is 11.6 Å². The normalized spacial score (nSPS) is 14.3. The van der Waals surface area contributed by atoms with E-state index in [1.807, 2.05) is 48.5 Å². The number of halogens is 1. The number of aromatic nitrogens is 6. The summed E-state index contributed by atoms with van der Waals surface area (Å²) in [5.74, 6) is -2.36. The van der Waals surface area contributed by atoms with Gasteiger partial charge in [-0.2, -0.15) is 0 Å². The number of hydrogen-bond acceptors (Lipinski definition) is 8. The van der Waals surface area contributed by atoms with E-state index in [0.29, 0.717) is 48.7 Å². The average Bonchev–Trinajstić information content (AvgIpc) is 3.87. The van der Waals surface area contributed by atoms with Crippen molar-refractivity contribution in [2.24, 2.45) is 11.3 Å². The third-order valence-electron chi connectivity index (χ3n) is 9.21. The standard InChI is InChI=1S/C34H39ClN8O6/c1-3-4-11-26-37-28(35)27(30(44)36-19-23(31(45)46)18-34(16-7-8-17-34)32(47)42(2)33(48)49)43(26)20-21-12-14-22(15-13-21)24-9-5-6-10-25(24)29-38-40-41-39-29/h5-6,9-10,12-15,23H,3-4,7-8,11,16-20H2,1-2H3,(H,36,44)(H,45,46)(H,48,49)(H,38,39,40,41). The van der Waals surface area contributed by atoms with Gasteiger partial charge in [-0.15, -0.1) is 5.10 Å². The Morgan fingerprint density at radius 3 is 2.37 bits per heavy atom. The Hall–Kier alpha value is -5.11. The van der Waals surface area contributed by atoms with E-state index in [0.717, 1.165) is 35.1 Å². The summed E-state index contributed by atoms with van der Waals surface area (Å²) in [6, 6.07) is 15.6. The smallest absolute Gasteiger partial charge is 0.413 e. The molecule has 4 aromatic rings. The van der Waals surface area contributed by atoms with E-state index in [2.05, 4.69) is 37.8 Å². The summed E-state index contributed by atoms with van der Waals surface area (Å²) >= 11 is 6.57. The Bertz CT molecular complexity index is 1800. The minimum absolute atomic E-state index is 0.00668. The maximum Gasteiger partial charge on any atom is 0.413 e. The van der Waals surface area contributed by atoms with Gasteiger partial charge in [-0.1, -0.05) is 86.3 Å². The van der Waals surface area contributed by atoms with Gasteiger partial charge in [0.1, 0.15) is 11.5 Å². The zero-order valence-electron chi connectivity index (χ0n) is 27.4. The summed E-state index contributed by atoms with van der Waals surface area (Å²) in [5, 5.41) is 36.4. The van der Waals surface area contributed by atoms with Crippen LogP contribution in [0.4, 0.5) is 4.79 Å². The van der Waals surface area contributed by atoms with Gasteiger partial charge in [0.15, 0.2) is 11.0 Å². The van der Waals surface area contributed by atoms with Gasteiger partial charge < -0.3 is 20.1 Å². The molecule has 2 aromatic heterocycles. The highest BCUT2D eigenvalue weighted by Crippen LogP contribution is 2.44. The highest BCUT2D eigenvalue weighted by Gasteiger charge is 2.46. The number of unbranched alkanes of at least 4 members (excludes halogenated alkanes) is 1. The second kappa shape index (κ2) is 15.4. The van der Waals surface area contributed by atoms with Crippen LogP contribution in [0.2, 0.25) is 5.15 Å². The molecule has 258 valence electrons. The first-order chi connectivity index (χ1) is 23.5. The minimum atomic E-state index is -1.40. The fourth-order valence-corrected chi connectivity index (χ4v) is 6.87. The van der Waals surface area contributed by atoms with E-state index >= 15 is 0 Å². The Morgan fingerprint density at radius 1 is 1.06 bits per heavy atom. The molecule has 2 aromatic carbocycles. The zero-order valence-corrected chi connectivity index (χ0v) is 28.1. The number of tetrazole rings is 1. The quantitative estimate of drug-likeness (QED) is 0.135. The number of nitrogens with zero attached hydrogens (tertiary/aromatic N) is 6. The van der Waals surface area contributed by atoms with Crippen molar-refractivity contribution in [3.8, 4) is 22.5 Å². The largest absolute Gasteiger partial charge is 0.481 e. The lowest BCUT2D eigenvalue weighted by molar-refractivity contribution is -0.146. The van der Waals surface area contributed by atoms with Crippen molar-refractivity contribution in [1.82, 2.24) is 40.4 Å². The number of amides is 3. The van der Waals surface area contributed by atoms with Crippen molar-refractivity contribution in [2.75, 3.05) is 13.6 Å². The van der Waals surface area contributed by atoms with Crippen molar-refractivity contribution in [3.63, 3.8) is 0 Å². The zero-order chi connectivity index (χ0) is 35.1. The first-order valence-corrected chi connectivity index (χ1v) is 16.6. The molecule has 1 unspecified atom stereocenters. The number of carboxylic acids is 1. The lowest BCUT2D eigenvalue weighted by Gasteiger charge is -2.32. The molecule has 1 fully saturated rings. The van der Waals surface area contributed by atoms with Gasteiger partial charge in [0.2, 0.25) is 5.91 Å². The molecule has 49 heavy (non-hydrogen) atoms. The molecule has 2 heterocycles. The number of hydrogen-bond donors (Lipinski definition) is 4. The first-order valence-electron chi connectivity index (χ1n) is 16.2. The second-order valence-corrected chi connectivity index (χ2v) is 12.8. The molecule has 14 nitrogen and oxygen atoms in total. The Kier molecular flexibility index (Phi) is 11.1. The van der Waals surface area contributed by atoms with Crippen LogP contribution in [0.25, 0.3) is 22.5 Å². The summed E-state index contributed by atoms with van der Waals surface area (Å²) in [7, 11) is 1.17. The summed E-state index contributed by atoms with van der Waals surface area (Å²) in [4.78, 5) is 55.9. The Balaban J connectivity index is 1.36. The van der Waals surface area contributed by atoms with Crippen LogP contribution in [-0.2, 0) is 22.6 Å². The number of rotatable bonds is 14. The molecule has 0 saturated heterocycles. The van der Waals surface area contributed by atoms with E-state index in [-0.39, 0.29) is 30.4 Å². The number of nitrogens with one attached hydrogen (secondary N) is 2. The fraction of sp³-hybridized carbons (Fsp3) is 0.412. The van der Waals surface area contributed by atoms with Crippen LogP contribution in [-0.4, -0.2) is 82.8 Å². The monoisotopic (exact) mass is 690 g/mol. The summed E-state index contributed by atoms with van der Waals surface area (Å²) < 4.78 is 1.76. The molecule has 1 atom stereocenters. The summed E-state index contributed by atoms with van der Waals surface area (Å²) in [5.41, 5.74) is 2.59. The Morgan fingerprint density at radius 2 is 1.76 bits per heavy atom. The van der Waals surface area contributed by atoms with E-state index in [1.54, 1.807) is 4.57 Å². The molecule has 4 N–H and O–H groups in total. The SMILES string of the molecule is CCCCc1nc(Cl)c(C(=O)NCC(CC2(C(=O)N(C)C(=O)O)CCCC2)C(=O)O)n1Cc1ccc(-c2ccccc2-c2nnn[nH]2)cc1. The number of benzene rings is 2. The van der Waals surface area contributed by atoms with Gasteiger partial charge in [0, 0.05) is 32.1 Å². The molecule has 0 aliphatic heterocycles. The number of H-pyrrole nitrogens is 1. The molecule has 1 aliphatic rings. The van der Waals surface area contributed by atoms with Gasteiger partial charge >= 0.3 is 12.1 Å². The van der Waals surface area contributed by atoms with Crippen LogP contribution in [0.1, 0.15) is 73.7 Å². The summed E-state index contributed by atoms with van der Waals surface area (Å²) in [6.07, 6.45) is 2.92. The van der Waals surface area contributed by atoms with Gasteiger partial charge in [0.25, 0.3) is 5.91 Å². The number of imidazole rings is 1. The fourth-order valence-electron chi connectivity index (χ4n) is 6.58. The maximum atomic E-state index is 13.7. The van der Waals surface area contributed by atoms with Crippen LogP contribution in [0.3, 0.4) is 0 Å². The third-order valence-corrected chi connectivity index (χ3v) is 9.47. The molecule has 0 bridgehead atoms. The first kappa shape index (κ1) is 35.2. The highest BCUT2D eigenvalue weighted by atomic mass is 35.5. The molecule has 1 saturated carbocycles. The predicted molar refractivity (Wildman–Crippen MR) is 180 cm³/mol. The molecule has 3 amide bonds. The molecule has 0 spiro atoms. The second-order valence-electron chi connectivity index (χ2n) is 12.4. The lowest BCUT2D eigenvalue weighted by Crippen LogP contribution is -2.46. The summed E-state index contributed by atoms with van der Waals surface area (Å²) in [6.45, 7) is 2.06. The minimum Gasteiger partial charge on any atom is -0.481 e. The van der Waals surface area contributed by atoms with Crippen LogP contribution in [0.5, 0.6) is 0 Å². The van der Waals surface area contributed by atoms with Gasteiger partial charge in [-0.05, 0) is 52.8 Å². The van der Waals surface area contributed by atoms with Crippen molar-refractivity contribution in [3.05, 3.63) is 70.8 Å². The topological polar surface area (TPSA) is 196 Å². The van der Waals surface area contributed by atoms with Crippen molar-refractivity contribution in [1.29, 1.82) is 0 Å². The number of aryl methyl sites for hydroxylation is 1. The predicted octanol–water partition coefficient (Wildman–Crippen LogP) is 5.29. The van der Waals surface area contributed by atoms with Gasteiger partial charge in [-0.25, -0.2) is 14.9 Å². The average molecular weight is 691 g/mol. The van der Waals surface area contributed by atoms with Crippen LogP contribution < -0.4 is 5.32 Å². The maximum absolute atomic E-state index is 13.7. The van der Waals surface area contributed by atoms with E-state index in [1.165, 1.54) is 7.05 Å². The number of aliphatic carboxylic acids is 1. The van der Waals surface area contributed by atoms with Crippen LogP contribution in [0, 0.1) is 11.3 Å². The lowest BCUT2D eigenvalue weighted by atomic mass is 9.76. The molecule has 15 heteroatoms. The number of carbonyl (C=O) groups excluding carboxylic acids is 2. The molecular weight excluding hydrogens is 652 g/mol. The van der Waals surface area contributed by atoms with Crippen LogP contribution >= 0.6 is 11.6 Å². The highest BCUT2D eigenvalue weighted by molar-refractivity contribution is 6.32. The number of aromatic amines is 1. The number of carboxylic acid groups (broad SMARTS) is 2. The van der Waals surface area contributed by atoms with E-state index < -0.39 is 35.2 Å². The molecule has 1 aliphatic carbocycles. The third kappa shape index (κ3) is 7.80. The van der Waals surface area contributed by atoms with Gasteiger partial charge in [-0.3, -0.25) is 19.3 Å². The van der Waals surface area contributed by atoms with Crippen molar-refractivity contribution in [2.45, 2.75) is 64.8 Å². The Labute approximate surface area is 287 Å². The van der Waals surface area contributed by atoms with Crippen molar-refractivity contribution >= 4 is 35.5 Å². The van der Waals surface area contributed by atoms with Gasteiger partial charge in [0.05, 0.1) is 11.3 Å². The molecule has 5 rings (SSSR count). The van der Waals surface area contributed by atoms with Crippen LogP contribution in [0.15, 0.2) is 48.5 Å². The van der Waals surface area contributed by atoms with E-state index in [9.17, 15) is 29.4 Å². The molecular formula is C34H39ClN8O6.